The molecular weight excluding hydrogens is 335 g/mol. The summed E-state index contributed by atoms with van der Waals surface area (Å²) < 4.78 is 38.8. The van der Waals surface area contributed by atoms with E-state index in [1.165, 1.54) is 0 Å². The van der Waals surface area contributed by atoms with Crippen molar-refractivity contribution in [2.24, 2.45) is 0 Å². The summed E-state index contributed by atoms with van der Waals surface area (Å²) in [6, 6.07) is 7.26. The summed E-state index contributed by atoms with van der Waals surface area (Å²) in [5.41, 5.74) is 3.21. The molecule has 0 heterocycles. The van der Waals surface area contributed by atoms with E-state index in [0.29, 0.717) is 11.3 Å². The average molecular weight is 360 g/mol. The quantitative estimate of drug-likeness (QED) is 0.627. The molecule has 0 aromatic carbocycles. The van der Waals surface area contributed by atoms with Gasteiger partial charge in [0.25, 0.3) is 10.1 Å². The number of unbranched alkanes of at least 4 members (excludes halogenated alkanes) is 1. The summed E-state index contributed by atoms with van der Waals surface area (Å²) in [6.45, 7) is 6.17. The van der Waals surface area contributed by atoms with Gasteiger partial charge in [-0.2, -0.15) is 8.42 Å². The molecule has 0 spiro atoms. The fourth-order valence-corrected chi connectivity index (χ4v) is 3.55. The fourth-order valence-electron chi connectivity index (χ4n) is 2.82. The number of hydrogen-bond acceptors (Lipinski definition) is 3. The van der Waals surface area contributed by atoms with E-state index >= 15 is 0 Å². The number of ether oxygens (including phenoxy) is 1. The van der Waals surface area contributed by atoms with Gasteiger partial charge in [0, 0.05) is 11.1 Å². The zero-order valence-corrected chi connectivity index (χ0v) is 14.9. The molecule has 0 aliphatic heterocycles. The normalized spacial score (nSPS) is 11.6. The standard InChI is InChI=1S/C18H24O4S.Na.H/c1-5-6-7-14-11-17(23(19,20)21)15-10-13(12(2)3)8-9-16(22-4)18(14)15;;/h8-12H,5-7H2,1-4H3,(H,19,20,21);;. The van der Waals surface area contributed by atoms with E-state index in [-0.39, 0.29) is 40.4 Å². The van der Waals surface area contributed by atoms with Crippen molar-refractivity contribution in [3.8, 4) is 16.9 Å². The predicted octanol–water partition coefficient (Wildman–Crippen LogP) is 3.86. The summed E-state index contributed by atoms with van der Waals surface area (Å²) >= 11 is 0. The van der Waals surface area contributed by atoms with Crippen molar-refractivity contribution >= 4 is 39.7 Å². The molecule has 24 heavy (non-hydrogen) atoms. The summed E-state index contributed by atoms with van der Waals surface area (Å²) in [5, 5.41) is 0. The van der Waals surface area contributed by atoms with Crippen molar-refractivity contribution in [2.45, 2.75) is 50.8 Å². The Labute approximate surface area is 167 Å². The van der Waals surface area contributed by atoms with Crippen LogP contribution in [0.4, 0.5) is 0 Å². The Bertz CT molecular complexity index is 769. The fraction of sp³-hybridized carbons (Fsp3) is 0.444. The van der Waals surface area contributed by atoms with Crippen LogP contribution in [-0.4, -0.2) is 49.6 Å². The molecule has 0 radical (unpaired) electrons. The Hall–Kier alpha value is -0.590. The predicted molar refractivity (Wildman–Crippen MR) is 99.3 cm³/mol. The Morgan fingerprint density at radius 3 is 2.38 bits per heavy atom. The van der Waals surface area contributed by atoms with Gasteiger partial charge in [0.2, 0.25) is 0 Å². The molecule has 0 unspecified atom stereocenters. The molecule has 1 N–H and O–H groups in total. The molecule has 6 heteroatoms. The van der Waals surface area contributed by atoms with E-state index in [0.717, 1.165) is 36.0 Å². The molecular formula is C18H25NaO4S. The molecule has 0 fully saturated rings. The van der Waals surface area contributed by atoms with Gasteiger partial charge in [0.1, 0.15) is 10.6 Å². The van der Waals surface area contributed by atoms with Crippen LogP contribution in [0.15, 0.2) is 29.2 Å². The zero-order chi connectivity index (χ0) is 17.2. The third-order valence-corrected chi connectivity index (χ3v) is 5.00. The molecule has 2 aliphatic carbocycles. The van der Waals surface area contributed by atoms with Crippen LogP contribution in [0, 0.1) is 0 Å². The van der Waals surface area contributed by atoms with E-state index in [4.69, 9.17) is 4.74 Å². The van der Waals surface area contributed by atoms with Crippen LogP contribution >= 0.6 is 0 Å². The molecule has 0 saturated heterocycles. The maximum atomic E-state index is 11.8. The second-order valence-electron chi connectivity index (χ2n) is 6.10. The zero-order valence-electron chi connectivity index (χ0n) is 14.1. The SMILES string of the molecule is CCCCc1cc(S(=O)(=O)O)c2cc(C(C)C)ccc(OC)c1-2.[NaH]. The second kappa shape index (κ2) is 8.68. The van der Waals surface area contributed by atoms with Gasteiger partial charge in [-0.3, -0.25) is 4.55 Å². The summed E-state index contributed by atoms with van der Waals surface area (Å²) in [6.07, 6.45) is 2.70. The number of methoxy groups -OCH3 is 1. The van der Waals surface area contributed by atoms with Gasteiger partial charge in [-0.25, -0.2) is 0 Å². The van der Waals surface area contributed by atoms with Crippen LogP contribution in [0.2, 0.25) is 0 Å². The van der Waals surface area contributed by atoms with E-state index in [2.05, 4.69) is 6.92 Å². The first-order valence-corrected chi connectivity index (χ1v) is 9.34. The summed E-state index contributed by atoms with van der Waals surface area (Å²) in [5.74, 6) is 0.867. The molecule has 2 aliphatic rings. The van der Waals surface area contributed by atoms with Gasteiger partial charge in [0.15, 0.2) is 0 Å². The Morgan fingerprint density at radius 1 is 1.21 bits per heavy atom. The monoisotopic (exact) mass is 360 g/mol. The first kappa shape index (κ1) is 21.5. The molecule has 128 valence electrons. The Balaban J connectivity index is 0.00000288. The molecule has 4 nitrogen and oxygen atoms in total. The van der Waals surface area contributed by atoms with Crippen LogP contribution in [0.5, 0.6) is 5.75 Å². The van der Waals surface area contributed by atoms with Crippen molar-refractivity contribution in [3.63, 3.8) is 0 Å². The first-order chi connectivity index (χ1) is 10.8. The Morgan fingerprint density at radius 2 is 1.88 bits per heavy atom. The summed E-state index contributed by atoms with van der Waals surface area (Å²) in [4.78, 5) is -0.0324. The molecule has 0 aromatic rings. The van der Waals surface area contributed by atoms with Crippen molar-refractivity contribution in [3.05, 3.63) is 35.4 Å². The average Bonchev–Trinajstić information content (AvgIpc) is 2.71. The van der Waals surface area contributed by atoms with Gasteiger partial charge in [-0.05, 0) is 48.1 Å². The molecule has 0 amide bonds. The minimum absolute atomic E-state index is 0. The number of fused-ring (bicyclic) bond motifs is 1. The van der Waals surface area contributed by atoms with Gasteiger partial charge < -0.3 is 4.74 Å². The van der Waals surface area contributed by atoms with E-state index in [9.17, 15) is 13.0 Å². The van der Waals surface area contributed by atoms with Crippen molar-refractivity contribution in [1.82, 2.24) is 0 Å². The van der Waals surface area contributed by atoms with Crippen molar-refractivity contribution < 1.29 is 17.7 Å². The van der Waals surface area contributed by atoms with E-state index in [1.807, 2.05) is 32.0 Å². The van der Waals surface area contributed by atoms with Gasteiger partial charge >= 0.3 is 29.6 Å². The third kappa shape index (κ3) is 4.52. The van der Waals surface area contributed by atoms with Crippen LogP contribution in [-0.2, 0) is 16.5 Å². The molecule has 0 saturated carbocycles. The Kier molecular flexibility index (Phi) is 7.75. The number of aryl methyl sites for hydroxylation is 1. The number of rotatable bonds is 6. The molecule has 2 rings (SSSR count). The van der Waals surface area contributed by atoms with Crippen LogP contribution in [0.1, 0.15) is 50.7 Å². The number of hydrogen-bond donors (Lipinski definition) is 1. The third-order valence-electron chi connectivity index (χ3n) is 4.11. The van der Waals surface area contributed by atoms with E-state index in [1.54, 1.807) is 13.2 Å². The molecule has 0 atom stereocenters. The van der Waals surface area contributed by atoms with Gasteiger partial charge in [-0.1, -0.05) is 33.3 Å². The van der Waals surface area contributed by atoms with Gasteiger partial charge in [0.05, 0.1) is 7.11 Å². The van der Waals surface area contributed by atoms with E-state index < -0.39 is 10.1 Å². The topological polar surface area (TPSA) is 63.6 Å². The second-order valence-corrected chi connectivity index (χ2v) is 7.49. The van der Waals surface area contributed by atoms with Crippen LogP contribution in [0.3, 0.4) is 0 Å². The first-order valence-electron chi connectivity index (χ1n) is 7.90. The maximum absolute atomic E-state index is 11.8. The molecule has 0 bridgehead atoms. The minimum atomic E-state index is -4.29. The van der Waals surface area contributed by atoms with Crippen LogP contribution < -0.4 is 4.74 Å². The summed E-state index contributed by atoms with van der Waals surface area (Å²) in [7, 11) is -2.71. The van der Waals surface area contributed by atoms with Crippen molar-refractivity contribution in [1.29, 1.82) is 0 Å². The van der Waals surface area contributed by atoms with Gasteiger partial charge in [-0.15, -0.1) is 0 Å². The molecule has 0 aromatic heterocycles. The van der Waals surface area contributed by atoms with Crippen molar-refractivity contribution in [2.75, 3.05) is 7.11 Å². The van der Waals surface area contributed by atoms with Crippen LogP contribution in [0.25, 0.3) is 11.1 Å².